The summed E-state index contributed by atoms with van der Waals surface area (Å²) in [6.07, 6.45) is 1.80. The Labute approximate surface area is 172 Å². The fourth-order valence-electron chi connectivity index (χ4n) is 3.71. The van der Waals surface area contributed by atoms with Crippen LogP contribution in [0.1, 0.15) is 21.6 Å². The second-order valence-electron chi connectivity index (χ2n) is 7.48. The minimum atomic E-state index is -0.183. The molecule has 1 aromatic heterocycles. The van der Waals surface area contributed by atoms with E-state index in [-0.39, 0.29) is 5.91 Å². The van der Waals surface area contributed by atoms with Gasteiger partial charge >= 0.3 is 0 Å². The average Bonchev–Trinajstić information content (AvgIpc) is 2.76. The second-order valence-corrected chi connectivity index (χ2v) is 7.48. The van der Waals surface area contributed by atoms with Gasteiger partial charge in [0.2, 0.25) is 0 Å². The first-order chi connectivity index (χ1) is 14.1. The van der Waals surface area contributed by atoms with Crippen molar-refractivity contribution in [2.24, 2.45) is 0 Å². The van der Waals surface area contributed by atoms with E-state index in [1.807, 2.05) is 38.1 Å². The fourth-order valence-corrected chi connectivity index (χ4v) is 3.71. The molecule has 5 nitrogen and oxygen atoms in total. The Hall–Kier alpha value is -3.34. The predicted molar refractivity (Wildman–Crippen MR) is 119 cm³/mol. The van der Waals surface area contributed by atoms with Crippen LogP contribution in [0.25, 0.3) is 0 Å². The molecule has 3 aromatic rings. The minimum Gasteiger partial charge on any atom is -0.368 e. The number of hydrogen-bond donors (Lipinski definition) is 1. The zero-order valence-corrected chi connectivity index (χ0v) is 16.9. The molecule has 148 valence electrons. The van der Waals surface area contributed by atoms with Gasteiger partial charge in [-0.15, -0.1) is 0 Å². The quantitative estimate of drug-likeness (QED) is 0.727. The number of nitrogens with zero attached hydrogens (tertiary/aromatic N) is 3. The number of carbonyl (C=O) groups is 1. The van der Waals surface area contributed by atoms with E-state index in [0.717, 1.165) is 43.1 Å². The molecule has 0 radical (unpaired) electrons. The highest BCUT2D eigenvalue weighted by Crippen LogP contribution is 2.21. The molecular weight excluding hydrogens is 360 g/mol. The Morgan fingerprint density at radius 3 is 2.17 bits per heavy atom. The summed E-state index contributed by atoms with van der Waals surface area (Å²) in [5.74, 6) is -0.183. The van der Waals surface area contributed by atoms with Crippen molar-refractivity contribution in [1.82, 2.24) is 4.98 Å². The maximum Gasteiger partial charge on any atom is 0.274 e. The molecule has 5 heteroatoms. The minimum absolute atomic E-state index is 0.183. The predicted octanol–water partition coefficient (Wildman–Crippen LogP) is 4.28. The molecule has 1 N–H and O–H groups in total. The molecule has 4 rings (SSSR count). The molecule has 29 heavy (non-hydrogen) atoms. The standard InChI is InChI=1S/C24H26N4O/c1-18-8-10-22(19(2)16-18)26-24(29)23-11-9-21(17-25-23)28-14-12-27(13-15-28)20-6-4-3-5-7-20/h3-11,16-17H,12-15H2,1-2H3,(H,26,29). The lowest BCUT2D eigenvalue weighted by Crippen LogP contribution is -2.46. The van der Waals surface area contributed by atoms with Crippen LogP contribution in [0.5, 0.6) is 0 Å². The molecular formula is C24H26N4O. The van der Waals surface area contributed by atoms with Gasteiger partial charge in [0.25, 0.3) is 5.91 Å². The molecule has 0 saturated carbocycles. The van der Waals surface area contributed by atoms with Gasteiger partial charge in [-0.3, -0.25) is 4.79 Å². The maximum atomic E-state index is 12.5. The summed E-state index contributed by atoms with van der Waals surface area (Å²) in [7, 11) is 0. The number of nitrogens with one attached hydrogen (secondary N) is 1. The van der Waals surface area contributed by atoms with Gasteiger partial charge in [-0.05, 0) is 49.7 Å². The van der Waals surface area contributed by atoms with Crippen LogP contribution in [-0.4, -0.2) is 37.1 Å². The van der Waals surface area contributed by atoms with E-state index in [9.17, 15) is 4.79 Å². The van der Waals surface area contributed by atoms with Crippen molar-refractivity contribution in [2.45, 2.75) is 13.8 Å². The largest absolute Gasteiger partial charge is 0.368 e. The summed E-state index contributed by atoms with van der Waals surface area (Å²) < 4.78 is 0. The molecule has 2 heterocycles. The van der Waals surface area contributed by atoms with Crippen LogP contribution in [0.3, 0.4) is 0 Å². The molecule has 2 aromatic carbocycles. The molecule has 1 amide bonds. The number of amides is 1. The average molecular weight is 386 g/mol. The lowest BCUT2D eigenvalue weighted by Gasteiger charge is -2.37. The molecule has 0 unspecified atom stereocenters. The van der Waals surface area contributed by atoms with E-state index in [1.165, 1.54) is 11.3 Å². The maximum absolute atomic E-state index is 12.5. The fraction of sp³-hybridized carbons (Fsp3) is 0.250. The smallest absolute Gasteiger partial charge is 0.274 e. The zero-order valence-electron chi connectivity index (χ0n) is 16.9. The van der Waals surface area contributed by atoms with E-state index >= 15 is 0 Å². The number of hydrogen-bond acceptors (Lipinski definition) is 4. The van der Waals surface area contributed by atoms with Gasteiger partial charge in [-0.25, -0.2) is 4.98 Å². The van der Waals surface area contributed by atoms with Gasteiger partial charge in [-0.1, -0.05) is 35.9 Å². The van der Waals surface area contributed by atoms with E-state index in [4.69, 9.17) is 0 Å². The number of pyridine rings is 1. The van der Waals surface area contributed by atoms with Gasteiger partial charge in [0.1, 0.15) is 5.69 Å². The third-order valence-corrected chi connectivity index (χ3v) is 5.38. The van der Waals surface area contributed by atoms with Crippen molar-refractivity contribution >= 4 is 23.0 Å². The number of aromatic nitrogens is 1. The van der Waals surface area contributed by atoms with Crippen molar-refractivity contribution in [2.75, 3.05) is 41.3 Å². The summed E-state index contributed by atoms with van der Waals surface area (Å²) in [6, 6.07) is 20.3. The first-order valence-corrected chi connectivity index (χ1v) is 10.00. The number of piperazine rings is 1. The molecule has 0 aliphatic carbocycles. The van der Waals surface area contributed by atoms with Crippen molar-refractivity contribution in [3.05, 3.63) is 83.7 Å². The van der Waals surface area contributed by atoms with Crippen molar-refractivity contribution < 1.29 is 4.79 Å². The Bertz CT molecular complexity index is 978. The summed E-state index contributed by atoms with van der Waals surface area (Å²) in [5.41, 5.74) is 5.80. The van der Waals surface area contributed by atoms with Gasteiger partial charge in [0, 0.05) is 37.6 Å². The second kappa shape index (κ2) is 8.35. The van der Waals surface area contributed by atoms with Crippen LogP contribution in [-0.2, 0) is 0 Å². The topological polar surface area (TPSA) is 48.5 Å². The SMILES string of the molecule is Cc1ccc(NC(=O)c2ccc(N3CCN(c4ccccc4)CC3)cn2)c(C)c1. The van der Waals surface area contributed by atoms with E-state index in [0.29, 0.717) is 5.69 Å². The molecule has 1 aliphatic rings. The molecule has 0 spiro atoms. The van der Waals surface area contributed by atoms with E-state index < -0.39 is 0 Å². The third-order valence-electron chi connectivity index (χ3n) is 5.38. The highest BCUT2D eigenvalue weighted by Gasteiger charge is 2.18. The van der Waals surface area contributed by atoms with Crippen LogP contribution in [0.15, 0.2) is 66.9 Å². The van der Waals surface area contributed by atoms with Crippen LogP contribution in [0.4, 0.5) is 17.1 Å². The summed E-state index contributed by atoms with van der Waals surface area (Å²) >= 11 is 0. The molecule has 1 aliphatic heterocycles. The van der Waals surface area contributed by atoms with E-state index in [1.54, 1.807) is 12.3 Å². The van der Waals surface area contributed by atoms with Gasteiger partial charge in [-0.2, -0.15) is 0 Å². The van der Waals surface area contributed by atoms with Crippen molar-refractivity contribution in [3.63, 3.8) is 0 Å². The summed E-state index contributed by atoms with van der Waals surface area (Å²) in [6.45, 7) is 7.85. The van der Waals surface area contributed by atoms with Gasteiger partial charge < -0.3 is 15.1 Å². The van der Waals surface area contributed by atoms with Crippen LogP contribution in [0.2, 0.25) is 0 Å². The van der Waals surface area contributed by atoms with Crippen molar-refractivity contribution in [1.29, 1.82) is 0 Å². The monoisotopic (exact) mass is 386 g/mol. The van der Waals surface area contributed by atoms with Crippen LogP contribution in [0, 0.1) is 13.8 Å². The number of aryl methyl sites for hydroxylation is 2. The van der Waals surface area contributed by atoms with E-state index in [2.05, 4.69) is 50.4 Å². The third kappa shape index (κ3) is 4.40. The molecule has 1 saturated heterocycles. The number of para-hydroxylation sites is 1. The number of benzene rings is 2. The Morgan fingerprint density at radius 1 is 0.862 bits per heavy atom. The first kappa shape index (κ1) is 19.0. The highest BCUT2D eigenvalue weighted by molar-refractivity contribution is 6.03. The lowest BCUT2D eigenvalue weighted by molar-refractivity contribution is 0.102. The number of carbonyl (C=O) groups excluding carboxylic acids is 1. The van der Waals surface area contributed by atoms with Gasteiger partial charge in [0.15, 0.2) is 0 Å². The highest BCUT2D eigenvalue weighted by atomic mass is 16.1. The molecule has 1 fully saturated rings. The number of anilines is 3. The zero-order chi connectivity index (χ0) is 20.2. The number of rotatable bonds is 4. The lowest BCUT2D eigenvalue weighted by atomic mass is 10.1. The van der Waals surface area contributed by atoms with Crippen LogP contribution >= 0.6 is 0 Å². The molecule has 0 atom stereocenters. The first-order valence-electron chi connectivity index (χ1n) is 10.00. The van der Waals surface area contributed by atoms with Crippen molar-refractivity contribution in [3.8, 4) is 0 Å². The normalized spacial score (nSPS) is 14.0. The Kier molecular flexibility index (Phi) is 5.47. The van der Waals surface area contributed by atoms with Gasteiger partial charge in [0.05, 0.1) is 11.9 Å². The molecule has 0 bridgehead atoms. The van der Waals surface area contributed by atoms with Crippen LogP contribution < -0.4 is 15.1 Å². The summed E-state index contributed by atoms with van der Waals surface area (Å²) in [5, 5.41) is 2.95. The summed E-state index contributed by atoms with van der Waals surface area (Å²) in [4.78, 5) is 21.7. The Balaban J connectivity index is 1.37. The Morgan fingerprint density at radius 2 is 1.55 bits per heavy atom.